The lowest BCUT2D eigenvalue weighted by Gasteiger charge is -2.11. The number of rotatable bonds is 9. The van der Waals surface area contributed by atoms with Crippen molar-refractivity contribution in [3.63, 3.8) is 0 Å². The number of nitrogens with one attached hydrogen (secondary N) is 2. The van der Waals surface area contributed by atoms with E-state index in [0.29, 0.717) is 24.4 Å². The summed E-state index contributed by atoms with van der Waals surface area (Å²) >= 11 is 0. The highest BCUT2D eigenvalue weighted by Crippen LogP contribution is 2.24. The molecule has 0 radical (unpaired) electrons. The summed E-state index contributed by atoms with van der Waals surface area (Å²) < 4.78 is 5.44. The minimum Gasteiger partial charge on any atom is -0.483 e. The molecule has 0 aliphatic rings. The molecule has 1 amide bonds. The third-order valence-electron chi connectivity index (χ3n) is 2.83. The lowest BCUT2D eigenvalue weighted by Crippen LogP contribution is -2.29. The molecular weight excluding hydrogens is 274 g/mol. The Kier molecular flexibility index (Phi) is 7.17. The molecule has 1 rings (SSSR count). The average Bonchev–Trinajstić information content (AvgIpc) is 2.46. The van der Waals surface area contributed by atoms with Crippen LogP contribution in [0, 0.1) is 10.1 Å². The van der Waals surface area contributed by atoms with Crippen LogP contribution in [-0.2, 0) is 11.3 Å². The van der Waals surface area contributed by atoms with Gasteiger partial charge in [-0.3, -0.25) is 14.9 Å². The Morgan fingerprint density at radius 3 is 2.81 bits per heavy atom. The first-order valence-electron chi connectivity index (χ1n) is 6.90. The van der Waals surface area contributed by atoms with Gasteiger partial charge >= 0.3 is 0 Å². The zero-order chi connectivity index (χ0) is 15.7. The summed E-state index contributed by atoms with van der Waals surface area (Å²) in [6, 6.07) is 4.33. The Balaban J connectivity index is 2.65. The predicted octanol–water partition coefficient (Wildman–Crippen LogP) is 1.61. The topological polar surface area (TPSA) is 93.5 Å². The van der Waals surface area contributed by atoms with E-state index in [9.17, 15) is 14.9 Å². The first-order valence-corrected chi connectivity index (χ1v) is 6.90. The Morgan fingerprint density at radius 1 is 1.43 bits per heavy atom. The van der Waals surface area contributed by atoms with E-state index in [0.717, 1.165) is 12.8 Å². The van der Waals surface area contributed by atoms with Crippen molar-refractivity contribution in [2.75, 3.05) is 20.2 Å². The van der Waals surface area contributed by atoms with Gasteiger partial charge in [0.05, 0.1) is 4.92 Å². The largest absolute Gasteiger partial charge is 0.483 e. The molecule has 0 saturated carbocycles. The molecule has 0 unspecified atom stereocenters. The average molecular weight is 295 g/mol. The van der Waals surface area contributed by atoms with Crippen LogP contribution in [0.25, 0.3) is 0 Å². The fraction of sp³-hybridized carbons (Fsp3) is 0.500. The van der Waals surface area contributed by atoms with Gasteiger partial charge in [-0.1, -0.05) is 13.3 Å². The highest BCUT2D eigenvalue weighted by atomic mass is 16.6. The fourth-order valence-electron chi connectivity index (χ4n) is 1.75. The van der Waals surface area contributed by atoms with Gasteiger partial charge in [0.25, 0.3) is 11.6 Å². The maximum absolute atomic E-state index is 11.6. The molecule has 7 heteroatoms. The number of benzene rings is 1. The SMILES string of the molecule is CCCCNC(=O)COc1ccc([N+](=O)[O-])cc1CNC. The molecule has 0 spiro atoms. The normalized spacial score (nSPS) is 10.2. The van der Waals surface area contributed by atoms with Gasteiger partial charge in [0.1, 0.15) is 5.75 Å². The lowest BCUT2D eigenvalue weighted by molar-refractivity contribution is -0.384. The number of amides is 1. The Bertz CT molecular complexity index is 491. The van der Waals surface area contributed by atoms with E-state index in [4.69, 9.17) is 4.74 Å². The van der Waals surface area contributed by atoms with Gasteiger partial charge in [-0.05, 0) is 19.5 Å². The van der Waals surface area contributed by atoms with Gasteiger partial charge in [-0.2, -0.15) is 0 Å². The maximum Gasteiger partial charge on any atom is 0.270 e. The smallest absolute Gasteiger partial charge is 0.270 e. The van der Waals surface area contributed by atoms with Gasteiger partial charge < -0.3 is 15.4 Å². The summed E-state index contributed by atoms with van der Waals surface area (Å²) in [6.45, 7) is 3.00. The van der Waals surface area contributed by atoms with Crippen LogP contribution in [0.5, 0.6) is 5.75 Å². The zero-order valence-corrected chi connectivity index (χ0v) is 12.3. The molecule has 1 aromatic rings. The fourth-order valence-corrected chi connectivity index (χ4v) is 1.75. The molecule has 0 aliphatic carbocycles. The zero-order valence-electron chi connectivity index (χ0n) is 12.3. The van der Waals surface area contributed by atoms with Crippen LogP contribution < -0.4 is 15.4 Å². The van der Waals surface area contributed by atoms with Crippen LogP contribution in [0.4, 0.5) is 5.69 Å². The number of unbranched alkanes of at least 4 members (excludes halogenated alkanes) is 1. The second kappa shape index (κ2) is 8.91. The molecule has 116 valence electrons. The van der Waals surface area contributed by atoms with Crippen LogP contribution in [-0.4, -0.2) is 31.0 Å². The first kappa shape index (κ1) is 16.9. The van der Waals surface area contributed by atoms with Crippen LogP contribution in [0.2, 0.25) is 0 Å². The van der Waals surface area contributed by atoms with Crippen LogP contribution in [0.3, 0.4) is 0 Å². The molecular formula is C14H21N3O4. The highest BCUT2D eigenvalue weighted by Gasteiger charge is 2.12. The minimum atomic E-state index is -0.458. The summed E-state index contributed by atoms with van der Waals surface area (Å²) in [7, 11) is 1.74. The van der Waals surface area contributed by atoms with Crippen molar-refractivity contribution < 1.29 is 14.5 Å². The van der Waals surface area contributed by atoms with E-state index >= 15 is 0 Å². The van der Waals surface area contributed by atoms with Crippen molar-refractivity contribution in [3.8, 4) is 5.75 Å². The van der Waals surface area contributed by atoms with Gasteiger partial charge in [-0.25, -0.2) is 0 Å². The van der Waals surface area contributed by atoms with E-state index in [1.54, 1.807) is 7.05 Å². The van der Waals surface area contributed by atoms with E-state index in [1.807, 2.05) is 6.92 Å². The number of hydrogen-bond acceptors (Lipinski definition) is 5. The van der Waals surface area contributed by atoms with Crippen molar-refractivity contribution >= 4 is 11.6 Å². The number of nitrogens with zero attached hydrogens (tertiary/aromatic N) is 1. The summed E-state index contributed by atoms with van der Waals surface area (Å²) in [5.41, 5.74) is 0.646. The maximum atomic E-state index is 11.6. The summed E-state index contributed by atoms with van der Waals surface area (Å²) in [4.78, 5) is 21.9. The molecule has 21 heavy (non-hydrogen) atoms. The molecule has 0 aromatic heterocycles. The molecule has 0 atom stereocenters. The standard InChI is InChI=1S/C14H21N3O4/c1-3-4-7-16-14(18)10-21-13-6-5-12(17(19)20)8-11(13)9-15-2/h5-6,8,15H,3-4,7,9-10H2,1-2H3,(H,16,18). The van der Waals surface area contributed by atoms with Gasteiger partial charge in [0.15, 0.2) is 6.61 Å². The molecule has 0 fully saturated rings. The minimum absolute atomic E-state index is 0.00000248. The molecule has 0 saturated heterocycles. The molecule has 0 aliphatic heterocycles. The van der Waals surface area contributed by atoms with Crippen LogP contribution in [0.15, 0.2) is 18.2 Å². The molecule has 1 aromatic carbocycles. The number of carbonyl (C=O) groups is 1. The van der Waals surface area contributed by atoms with Crippen molar-refractivity contribution in [2.45, 2.75) is 26.3 Å². The lowest BCUT2D eigenvalue weighted by atomic mass is 10.1. The monoisotopic (exact) mass is 295 g/mol. The Morgan fingerprint density at radius 2 is 2.19 bits per heavy atom. The van der Waals surface area contributed by atoms with Gasteiger partial charge in [0.2, 0.25) is 0 Å². The third kappa shape index (κ3) is 5.78. The highest BCUT2D eigenvalue weighted by molar-refractivity contribution is 5.77. The van der Waals surface area contributed by atoms with E-state index in [2.05, 4.69) is 10.6 Å². The number of nitro benzene ring substituents is 1. The summed E-state index contributed by atoms with van der Waals surface area (Å²) in [5, 5.41) is 16.4. The van der Waals surface area contributed by atoms with Gasteiger partial charge in [0, 0.05) is 30.8 Å². The van der Waals surface area contributed by atoms with Crippen LogP contribution >= 0.6 is 0 Å². The van der Waals surface area contributed by atoms with Gasteiger partial charge in [-0.15, -0.1) is 0 Å². The Hall–Kier alpha value is -2.15. The quantitative estimate of drug-likeness (QED) is 0.410. The van der Waals surface area contributed by atoms with Crippen molar-refractivity contribution in [2.24, 2.45) is 0 Å². The van der Waals surface area contributed by atoms with E-state index in [-0.39, 0.29) is 18.2 Å². The summed E-state index contributed by atoms with van der Waals surface area (Å²) in [5.74, 6) is 0.276. The van der Waals surface area contributed by atoms with E-state index < -0.39 is 4.92 Å². The van der Waals surface area contributed by atoms with Crippen LogP contribution in [0.1, 0.15) is 25.3 Å². The number of nitro groups is 1. The molecule has 0 bridgehead atoms. The molecule has 7 nitrogen and oxygen atoms in total. The third-order valence-corrected chi connectivity index (χ3v) is 2.83. The second-order valence-electron chi connectivity index (χ2n) is 4.57. The Labute approximate surface area is 123 Å². The number of hydrogen-bond donors (Lipinski definition) is 2. The van der Waals surface area contributed by atoms with E-state index in [1.165, 1.54) is 18.2 Å². The predicted molar refractivity (Wildman–Crippen MR) is 79.3 cm³/mol. The summed E-state index contributed by atoms with van der Waals surface area (Å²) in [6.07, 6.45) is 1.93. The second-order valence-corrected chi connectivity index (χ2v) is 4.57. The van der Waals surface area contributed by atoms with Crippen molar-refractivity contribution in [1.82, 2.24) is 10.6 Å². The molecule has 2 N–H and O–H groups in total. The number of ether oxygens (including phenoxy) is 1. The first-order chi connectivity index (χ1) is 10.1. The van der Waals surface area contributed by atoms with Crippen molar-refractivity contribution in [3.05, 3.63) is 33.9 Å². The number of carbonyl (C=O) groups excluding carboxylic acids is 1. The number of non-ortho nitro benzene ring substituents is 1. The van der Waals surface area contributed by atoms with Crippen molar-refractivity contribution in [1.29, 1.82) is 0 Å². The molecule has 0 heterocycles.